The van der Waals surface area contributed by atoms with Crippen molar-refractivity contribution in [2.24, 2.45) is 5.41 Å². The average molecular weight is 284 g/mol. The number of benzene rings is 1. The highest BCUT2D eigenvalue weighted by Gasteiger charge is 2.46. The molecule has 1 aromatic rings. The van der Waals surface area contributed by atoms with E-state index in [1.165, 1.54) is 5.56 Å². The Hall–Kier alpha value is -0.380. The van der Waals surface area contributed by atoms with Crippen LogP contribution in [0.1, 0.15) is 25.8 Å². The van der Waals surface area contributed by atoms with Crippen LogP contribution in [0, 0.1) is 5.41 Å². The summed E-state index contributed by atoms with van der Waals surface area (Å²) in [5.74, 6) is 0. The maximum atomic E-state index is 9.63. The van der Waals surface area contributed by atoms with Gasteiger partial charge >= 0.3 is 0 Å². The first-order valence-corrected chi connectivity index (χ1v) is 6.45. The van der Waals surface area contributed by atoms with E-state index in [1.807, 2.05) is 0 Å². The highest BCUT2D eigenvalue weighted by Crippen LogP contribution is 2.40. The topological polar surface area (TPSA) is 32.3 Å². The van der Waals surface area contributed by atoms with Gasteiger partial charge in [-0.3, -0.25) is 0 Å². The third-order valence-electron chi connectivity index (χ3n) is 3.68. The molecule has 2 atom stereocenters. The molecule has 2 nitrogen and oxygen atoms in total. The van der Waals surface area contributed by atoms with Gasteiger partial charge in [-0.1, -0.05) is 41.9 Å². The molecule has 16 heavy (non-hydrogen) atoms. The summed E-state index contributed by atoms with van der Waals surface area (Å²) < 4.78 is 1.11. The van der Waals surface area contributed by atoms with E-state index >= 15 is 0 Å². The van der Waals surface area contributed by atoms with E-state index in [9.17, 15) is 5.11 Å². The van der Waals surface area contributed by atoms with E-state index < -0.39 is 0 Å². The molecule has 0 spiro atoms. The summed E-state index contributed by atoms with van der Waals surface area (Å²) in [4.78, 5) is 0. The first-order valence-electron chi connectivity index (χ1n) is 5.66. The Morgan fingerprint density at radius 2 is 2.00 bits per heavy atom. The van der Waals surface area contributed by atoms with E-state index in [4.69, 9.17) is 0 Å². The molecule has 1 saturated carbocycles. The Bertz CT molecular complexity index is 361. The van der Waals surface area contributed by atoms with Crippen LogP contribution in [-0.4, -0.2) is 17.3 Å². The van der Waals surface area contributed by atoms with Gasteiger partial charge in [0.2, 0.25) is 0 Å². The summed E-state index contributed by atoms with van der Waals surface area (Å²) in [6.07, 6.45) is 0.707. The molecule has 1 fully saturated rings. The van der Waals surface area contributed by atoms with Crippen LogP contribution in [-0.2, 0) is 6.54 Å². The number of aliphatic hydroxyl groups excluding tert-OH is 1. The summed E-state index contributed by atoms with van der Waals surface area (Å²) in [6, 6.07) is 8.75. The lowest BCUT2D eigenvalue weighted by Gasteiger charge is -2.49. The van der Waals surface area contributed by atoms with Gasteiger partial charge in [0.25, 0.3) is 0 Å². The molecule has 0 bridgehead atoms. The predicted molar refractivity (Wildman–Crippen MR) is 69.2 cm³/mol. The molecular formula is C13H18BrNO. The smallest absolute Gasteiger partial charge is 0.0621 e. The molecule has 88 valence electrons. The molecule has 1 aliphatic carbocycles. The van der Waals surface area contributed by atoms with Crippen LogP contribution in [0.5, 0.6) is 0 Å². The van der Waals surface area contributed by atoms with Gasteiger partial charge in [0.1, 0.15) is 0 Å². The summed E-state index contributed by atoms with van der Waals surface area (Å²) in [6.45, 7) is 5.09. The fourth-order valence-corrected chi connectivity index (χ4v) is 2.36. The number of rotatable bonds is 3. The van der Waals surface area contributed by atoms with Crippen LogP contribution >= 0.6 is 15.9 Å². The molecule has 2 rings (SSSR count). The fraction of sp³-hybridized carbons (Fsp3) is 0.538. The lowest BCUT2D eigenvalue weighted by atomic mass is 9.64. The molecule has 0 heterocycles. The van der Waals surface area contributed by atoms with Gasteiger partial charge in [-0.2, -0.15) is 0 Å². The molecule has 1 aliphatic rings. The largest absolute Gasteiger partial charge is 0.392 e. The van der Waals surface area contributed by atoms with Crippen LogP contribution in [0.3, 0.4) is 0 Å². The number of nitrogens with one attached hydrogen (secondary N) is 1. The van der Waals surface area contributed by atoms with Crippen molar-refractivity contribution >= 4 is 15.9 Å². The van der Waals surface area contributed by atoms with Gasteiger partial charge in [-0.25, -0.2) is 0 Å². The Kier molecular flexibility index (Phi) is 3.38. The lowest BCUT2D eigenvalue weighted by molar-refractivity contribution is -0.0729. The van der Waals surface area contributed by atoms with Crippen LogP contribution in [0.2, 0.25) is 0 Å². The van der Waals surface area contributed by atoms with E-state index in [1.54, 1.807) is 0 Å². The highest BCUT2D eigenvalue weighted by atomic mass is 79.9. The molecule has 0 radical (unpaired) electrons. The number of halogens is 1. The van der Waals surface area contributed by atoms with E-state index in [0.29, 0.717) is 6.04 Å². The second kappa shape index (κ2) is 4.47. The van der Waals surface area contributed by atoms with Gasteiger partial charge in [0.05, 0.1) is 6.10 Å². The van der Waals surface area contributed by atoms with Gasteiger partial charge in [-0.15, -0.1) is 0 Å². The zero-order chi connectivity index (χ0) is 11.8. The Balaban J connectivity index is 1.87. The standard InChI is InChI=1S/C13H18BrNO/c1-13(2)11(7-12(13)16)15-8-9-3-5-10(14)6-4-9/h3-6,11-12,15-16H,7-8H2,1-2H3. The normalized spacial score (nSPS) is 27.5. The van der Waals surface area contributed by atoms with E-state index in [-0.39, 0.29) is 11.5 Å². The third kappa shape index (κ3) is 2.31. The van der Waals surface area contributed by atoms with E-state index in [0.717, 1.165) is 17.4 Å². The predicted octanol–water partition coefficient (Wildman–Crippen LogP) is 2.70. The molecule has 2 unspecified atom stereocenters. The second-order valence-corrected chi connectivity index (χ2v) is 6.05. The van der Waals surface area contributed by atoms with Crippen molar-refractivity contribution in [1.29, 1.82) is 0 Å². The number of hydrogen-bond donors (Lipinski definition) is 2. The first-order chi connectivity index (χ1) is 7.50. The minimum absolute atomic E-state index is 0.00929. The molecule has 0 amide bonds. The number of hydrogen-bond acceptors (Lipinski definition) is 2. The Labute approximate surface area is 105 Å². The minimum atomic E-state index is -0.157. The zero-order valence-corrected chi connectivity index (χ0v) is 11.3. The van der Waals surface area contributed by atoms with Gasteiger partial charge in [-0.05, 0) is 24.1 Å². The van der Waals surface area contributed by atoms with Crippen LogP contribution in [0.15, 0.2) is 28.7 Å². The summed E-state index contributed by atoms with van der Waals surface area (Å²) in [5, 5.41) is 13.1. The molecule has 0 aliphatic heterocycles. The molecule has 0 saturated heterocycles. The van der Waals surface area contributed by atoms with Crippen LogP contribution in [0.4, 0.5) is 0 Å². The van der Waals surface area contributed by atoms with E-state index in [2.05, 4.69) is 59.4 Å². The third-order valence-corrected chi connectivity index (χ3v) is 4.21. The first kappa shape index (κ1) is 12.1. The molecule has 2 N–H and O–H groups in total. The maximum absolute atomic E-state index is 9.63. The molecular weight excluding hydrogens is 266 g/mol. The van der Waals surface area contributed by atoms with Crippen molar-refractivity contribution in [2.75, 3.05) is 0 Å². The lowest BCUT2D eigenvalue weighted by Crippen LogP contribution is -2.59. The monoisotopic (exact) mass is 283 g/mol. The van der Waals surface area contributed by atoms with Crippen molar-refractivity contribution in [3.63, 3.8) is 0 Å². The van der Waals surface area contributed by atoms with Crippen LogP contribution < -0.4 is 5.32 Å². The average Bonchev–Trinajstić information content (AvgIpc) is 2.26. The molecule has 3 heteroatoms. The maximum Gasteiger partial charge on any atom is 0.0621 e. The zero-order valence-electron chi connectivity index (χ0n) is 9.70. The van der Waals surface area contributed by atoms with Gasteiger partial charge in [0, 0.05) is 22.5 Å². The Morgan fingerprint density at radius 1 is 1.38 bits per heavy atom. The summed E-state index contributed by atoms with van der Waals surface area (Å²) in [5.41, 5.74) is 1.29. The second-order valence-electron chi connectivity index (χ2n) is 5.13. The van der Waals surface area contributed by atoms with Crippen molar-refractivity contribution in [3.8, 4) is 0 Å². The molecule has 0 aromatic heterocycles. The van der Waals surface area contributed by atoms with Gasteiger partial charge < -0.3 is 10.4 Å². The fourth-order valence-electron chi connectivity index (χ4n) is 2.09. The number of aliphatic hydroxyl groups is 1. The van der Waals surface area contributed by atoms with Gasteiger partial charge in [0.15, 0.2) is 0 Å². The quantitative estimate of drug-likeness (QED) is 0.894. The molecule has 1 aromatic carbocycles. The van der Waals surface area contributed by atoms with Crippen molar-refractivity contribution in [2.45, 2.75) is 39.0 Å². The van der Waals surface area contributed by atoms with Crippen molar-refractivity contribution < 1.29 is 5.11 Å². The highest BCUT2D eigenvalue weighted by molar-refractivity contribution is 9.10. The summed E-state index contributed by atoms with van der Waals surface area (Å²) in [7, 11) is 0. The van der Waals surface area contributed by atoms with Crippen LogP contribution in [0.25, 0.3) is 0 Å². The SMILES string of the molecule is CC1(C)C(O)CC1NCc1ccc(Br)cc1. The minimum Gasteiger partial charge on any atom is -0.392 e. The van der Waals surface area contributed by atoms with Crippen molar-refractivity contribution in [3.05, 3.63) is 34.3 Å². The summed E-state index contributed by atoms with van der Waals surface area (Å²) >= 11 is 3.42. The Morgan fingerprint density at radius 3 is 2.50 bits per heavy atom. The van der Waals surface area contributed by atoms with Crippen molar-refractivity contribution in [1.82, 2.24) is 5.32 Å².